The number of fused-ring (bicyclic) bond motifs is 7. The van der Waals surface area contributed by atoms with Gasteiger partial charge in [0, 0.05) is 38.6 Å². The Bertz CT molecular complexity index is 7950. The van der Waals surface area contributed by atoms with Gasteiger partial charge in [-0.1, -0.05) is 36.4 Å². The van der Waals surface area contributed by atoms with Crippen LogP contribution in [0, 0.1) is 52.2 Å². The van der Waals surface area contributed by atoms with Gasteiger partial charge in [-0.3, -0.25) is 19.5 Å². The molecule has 0 aliphatic carbocycles. The van der Waals surface area contributed by atoms with Gasteiger partial charge in [-0.25, -0.2) is 76.8 Å². The molecule has 0 saturated heterocycles. The van der Waals surface area contributed by atoms with Crippen LogP contribution in [0.5, 0.6) is 23.0 Å². The zero-order valence-corrected chi connectivity index (χ0v) is 77.9. The standard InChI is InChI=1S/C20H16N6O5S4.C20H14N6O5S3.C19H15N7O5S4.C17H14N6O3S/c1-32-19-10(9-21)7-12-18(22-19)25-33-20(12)24-23-14-8-15(34(2,28)29)17(27)11-5-4-6-13(16(11)14)26-35(3,30)31;1-32-18-9(8-21)6-12-17(22-18)25-33-19(12)24-23-14-7-11(20(28)29)16(27)10-4-3-5-13(15(10)14)26-34(2,30)31;1-32-18-9(8-20)6-11-17(22-18)25-33-19(11)24-23-13-7-14(35(21,30)31)16(27)10-4-3-5-12(15(10)13)26-34(2,28)29;1-3-26-17(25)20-13-7-11(4-5-14(13)24)21-22-16-12-6-10(8-18)9(2)19-15(12)23-27-16/h4-8,26-27H,1-3H3;3-7,26-27H,1-2H3,(H,28,29);3-7,26-27H,1-2H3,(H2,21,30,31);4-7,24H,3H2,1-2H3,(H,20,25). The number of azo groups is 4. The summed E-state index contributed by atoms with van der Waals surface area (Å²) in [6.45, 7) is 3.63. The third kappa shape index (κ3) is 22.1. The molecule has 0 radical (unpaired) electrons. The number of aromatic nitrogens is 8. The Morgan fingerprint density at radius 3 is 1.15 bits per heavy atom. The van der Waals surface area contributed by atoms with E-state index in [4.69, 9.17) is 15.1 Å². The number of ether oxygens (including phenoxy) is 1. The molecule has 43 nitrogen and oxygen atoms in total. The summed E-state index contributed by atoms with van der Waals surface area (Å²) < 4.78 is 149. The number of anilines is 4. The van der Waals surface area contributed by atoms with Crippen molar-refractivity contribution in [2.24, 2.45) is 46.1 Å². The summed E-state index contributed by atoms with van der Waals surface area (Å²) in [7, 11) is -19.4. The molecule has 0 spiro atoms. The lowest BCUT2D eigenvalue weighted by Crippen LogP contribution is -2.13. The zero-order valence-electron chi connectivity index (χ0n) is 68.1. The van der Waals surface area contributed by atoms with Crippen LogP contribution in [0.1, 0.15) is 45.2 Å². The minimum atomic E-state index is -4.37. The molecular formula is C76H59N25O18S12. The number of aryl methyl sites for hydroxylation is 1. The van der Waals surface area contributed by atoms with Gasteiger partial charge in [-0.05, 0) is 158 Å². The summed E-state index contributed by atoms with van der Waals surface area (Å²) in [5, 5.41) is 135. The predicted octanol–water partition coefficient (Wildman–Crippen LogP) is 17.1. The van der Waals surface area contributed by atoms with Crippen molar-refractivity contribution in [3.63, 3.8) is 0 Å². The molecule has 0 atom stereocenters. The minimum Gasteiger partial charge on any atom is -0.506 e. The Balaban J connectivity index is 0.000000159. The average Bonchev–Trinajstić information content (AvgIpc) is 1.65. The number of hydrogen-bond acceptors (Lipinski definition) is 44. The van der Waals surface area contributed by atoms with Crippen molar-refractivity contribution >= 4 is 285 Å². The Labute approximate surface area is 770 Å². The number of nitrogens with zero attached hydrogens (tertiary/aromatic N) is 20. The first-order chi connectivity index (χ1) is 62.0. The second-order valence-electron chi connectivity index (χ2n) is 26.7. The highest BCUT2D eigenvalue weighted by molar-refractivity contribution is 7.99. The van der Waals surface area contributed by atoms with Gasteiger partial charge in [0.05, 0.1) is 120 Å². The van der Waals surface area contributed by atoms with Gasteiger partial charge in [-0.2, -0.15) is 38.5 Å². The summed E-state index contributed by atoms with van der Waals surface area (Å²) in [6.07, 6.45) is 8.48. The summed E-state index contributed by atoms with van der Waals surface area (Å²) in [5.74, 6) is -3.24. The topological polar surface area (TPSA) is 687 Å². The third-order valence-corrected chi connectivity index (χ3v) is 26.4. The van der Waals surface area contributed by atoms with E-state index < -0.39 is 89.7 Å². The largest absolute Gasteiger partial charge is 0.506 e. The van der Waals surface area contributed by atoms with Gasteiger partial charge in [-0.15, -0.1) is 76.2 Å². The van der Waals surface area contributed by atoms with E-state index in [1.165, 1.54) is 102 Å². The summed E-state index contributed by atoms with van der Waals surface area (Å²) in [4.78, 5) is 39.5. The SMILES string of the molecule is CCOC(=O)Nc1cc(N=Nc2snc3nc(C)c(C#N)cc23)ccc1O.CSc1nc2nsc(N=Nc3cc(C(=O)O)c(O)c4cccc(NS(C)(=O)=O)c34)c2cc1C#N.CSc1nc2nsc(N=Nc3cc(S(C)(=O)=O)c(O)c4cccc(NS(C)(=O)=O)c34)c2cc1C#N.CSc1nc2nsc(N=Nc3cc(S(N)(=O)=O)c(O)c4cccc(NS(C)(=O)=O)c34)c2cc1C#N. The zero-order chi connectivity index (χ0) is 95.1. The second kappa shape index (κ2) is 39.5. The van der Waals surface area contributed by atoms with Crippen molar-refractivity contribution in [3.8, 4) is 47.3 Å². The van der Waals surface area contributed by atoms with Crippen molar-refractivity contribution in [3.05, 3.63) is 149 Å². The number of pyridine rings is 4. The van der Waals surface area contributed by atoms with Crippen LogP contribution in [0.3, 0.4) is 0 Å². The van der Waals surface area contributed by atoms with Crippen LogP contribution in [-0.4, -0.2) is 168 Å². The van der Waals surface area contributed by atoms with Crippen molar-refractivity contribution in [1.29, 1.82) is 21.0 Å². The van der Waals surface area contributed by atoms with Crippen LogP contribution in [0.2, 0.25) is 0 Å². The van der Waals surface area contributed by atoms with E-state index in [1.54, 1.807) is 62.9 Å². The number of sulfonamides is 4. The molecule has 668 valence electrons. The molecule has 0 aliphatic heterocycles. The van der Waals surface area contributed by atoms with Crippen LogP contribution in [0.15, 0.2) is 181 Å². The van der Waals surface area contributed by atoms with Gasteiger partial charge in [0.15, 0.2) is 52.4 Å². The number of phenols is 4. The number of primary sulfonamides is 1. The number of carboxylic acids is 1. The Morgan fingerprint density at radius 1 is 0.450 bits per heavy atom. The second-order valence-corrected chi connectivity index (χ2v) is 40.8. The van der Waals surface area contributed by atoms with E-state index >= 15 is 0 Å². The number of carbonyl (C=O) groups excluding carboxylic acids is 1. The lowest BCUT2D eigenvalue weighted by molar-refractivity contribution is 0.0693. The number of aromatic hydroxyl groups is 4. The first kappa shape index (κ1) is 96.0. The van der Waals surface area contributed by atoms with Gasteiger partial charge in [0.1, 0.15) is 77.7 Å². The fourth-order valence-electron chi connectivity index (χ4n) is 12.0. The number of rotatable bonds is 22. The van der Waals surface area contributed by atoms with E-state index in [0.717, 1.165) is 89.4 Å². The van der Waals surface area contributed by atoms with Crippen LogP contribution in [0.4, 0.5) is 70.3 Å². The number of sulfone groups is 1. The number of benzene rings is 7. The Hall–Kier alpha value is -14.1. The fraction of sp³-hybridized carbons (Fsp3) is 0.132. The highest BCUT2D eigenvalue weighted by atomic mass is 32.2. The maximum atomic E-state index is 12.3. The fourth-order valence-corrected chi connectivity index (χ4v) is 19.2. The number of thioether (sulfide) groups is 3. The van der Waals surface area contributed by atoms with Crippen LogP contribution in [0.25, 0.3) is 76.5 Å². The van der Waals surface area contributed by atoms with Gasteiger partial charge in [0.2, 0.25) is 40.1 Å². The molecule has 8 heterocycles. The van der Waals surface area contributed by atoms with E-state index in [0.29, 0.717) is 108 Å². The smallest absolute Gasteiger partial charge is 0.411 e. The van der Waals surface area contributed by atoms with Crippen LogP contribution < -0.4 is 24.6 Å². The van der Waals surface area contributed by atoms with Gasteiger partial charge >= 0.3 is 12.1 Å². The molecule has 131 heavy (non-hydrogen) atoms. The number of phenolic OH excluding ortho intramolecular Hbond substituents is 3. The minimum absolute atomic E-state index is 0.000671. The molecule has 11 N–H and O–H groups in total. The molecule has 15 aromatic rings. The lowest BCUT2D eigenvalue weighted by atomic mass is 10.0. The normalized spacial score (nSPS) is 11.9. The number of aromatic carboxylic acids is 1. The molecule has 0 unspecified atom stereocenters. The monoisotopic (exact) mass is 1990 g/mol. The molecule has 0 fully saturated rings. The highest BCUT2D eigenvalue weighted by Crippen LogP contribution is 2.48. The lowest BCUT2D eigenvalue weighted by Gasteiger charge is -2.13. The molecule has 0 aliphatic rings. The van der Waals surface area contributed by atoms with Gasteiger partial charge in [0.25, 0.3) is 0 Å². The number of nitrogens with one attached hydrogen (secondary N) is 4. The van der Waals surface area contributed by atoms with E-state index in [1.807, 2.05) is 0 Å². The van der Waals surface area contributed by atoms with Crippen molar-refractivity contribution in [2.45, 2.75) is 38.7 Å². The number of carboxylic acid groups (broad SMARTS) is 1. The Morgan fingerprint density at radius 2 is 0.802 bits per heavy atom. The summed E-state index contributed by atoms with van der Waals surface area (Å²) in [5.41, 5.74) is 3.96. The average molecular weight is 2000 g/mol. The highest BCUT2D eigenvalue weighted by Gasteiger charge is 2.27. The maximum absolute atomic E-state index is 12.3. The first-order valence-electron chi connectivity index (χ1n) is 36.1. The molecule has 0 saturated carbocycles. The van der Waals surface area contributed by atoms with Crippen molar-refractivity contribution < 1.29 is 81.9 Å². The number of amides is 1. The van der Waals surface area contributed by atoms with E-state index in [2.05, 4.69) is 122 Å². The maximum Gasteiger partial charge on any atom is 0.411 e. The van der Waals surface area contributed by atoms with Gasteiger partial charge < -0.3 is 30.3 Å². The predicted molar refractivity (Wildman–Crippen MR) is 498 cm³/mol. The van der Waals surface area contributed by atoms with Crippen LogP contribution in [-0.2, 0) is 54.7 Å². The van der Waals surface area contributed by atoms with E-state index in [-0.39, 0.29) is 94.4 Å². The summed E-state index contributed by atoms with van der Waals surface area (Å²) >= 11 is 7.95. The first-order valence-corrected chi connectivity index (χ1v) is 52.0. The third-order valence-electron chi connectivity index (χ3n) is 17.5. The molecule has 0 bridgehead atoms. The molecule has 55 heteroatoms. The summed E-state index contributed by atoms with van der Waals surface area (Å²) in [6, 6.07) is 35.3. The molecule has 7 aromatic carbocycles. The molecular weight excluding hydrogens is 1940 g/mol. The molecule has 8 aromatic heterocycles. The quantitative estimate of drug-likeness (QED) is 0.0171. The van der Waals surface area contributed by atoms with Crippen molar-refractivity contribution in [2.75, 3.05) is 69.9 Å². The molecule has 1 amide bonds. The number of carbonyl (C=O) groups is 2. The number of nitrogens with two attached hydrogens (primary N) is 1. The number of nitriles is 4. The van der Waals surface area contributed by atoms with Crippen molar-refractivity contribution in [1.82, 2.24) is 37.4 Å². The van der Waals surface area contributed by atoms with E-state index in [9.17, 15) is 93.0 Å². The molecule has 15 rings (SSSR count). The number of hydrogen-bond donors (Lipinski definition) is 10. The van der Waals surface area contributed by atoms with Crippen LogP contribution >= 0.6 is 81.4 Å². The Kier molecular flexibility index (Phi) is 29.0.